The number of anilines is 1. The summed E-state index contributed by atoms with van der Waals surface area (Å²) in [5.74, 6) is 1.60. The van der Waals surface area contributed by atoms with E-state index in [-0.39, 0.29) is 12.5 Å². The van der Waals surface area contributed by atoms with Gasteiger partial charge in [-0.2, -0.15) is 0 Å². The van der Waals surface area contributed by atoms with Crippen LogP contribution in [0.25, 0.3) is 11.0 Å². The highest BCUT2D eigenvalue weighted by molar-refractivity contribution is 5.95. The van der Waals surface area contributed by atoms with Gasteiger partial charge in [-0.1, -0.05) is 18.2 Å². The summed E-state index contributed by atoms with van der Waals surface area (Å²) in [5.41, 5.74) is 1.61. The van der Waals surface area contributed by atoms with Crippen molar-refractivity contribution in [2.75, 3.05) is 18.0 Å². The normalized spacial score (nSPS) is 14.2. The number of aromatic nitrogens is 2. The highest BCUT2D eigenvalue weighted by atomic mass is 16.3. The number of fused-ring (bicyclic) bond motifs is 1. The van der Waals surface area contributed by atoms with Gasteiger partial charge in [0.1, 0.15) is 17.2 Å². The number of carbonyl (C=O) groups is 1. The van der Waals surface area contributed by atoms with Crippen LogP contribution in [0.15, 0.2) is 40.8 Å². The number of aryl methyl sites for hydroxylation is 1. The molecule has 1 N–H and O–H groups in total. The summed E-state index contributed by atoms with van der Waals surface area (Å²) in [7, 11) is 0. The average molecular weight is 336 g/mol. The Morgan fingerprint density at radius 2 is 2.00 bits per heavy atom. The van der Waals surface area contributed by atoms with E-state index in [1.54, 1.807) is 6.07 Å². The molecule has 0 saturated carbocycles. The lowest BCUT2D eigenvalue weighted by molar-refractivity contribution is 0.0924. The summed E-state index contributed by atoms with van der Waals surface area (Å²) in [5, 5.41) is 3.76. The van der Waals surface area contributed by atoms with Gasteiger partial charge in [0.15, 0.2) is 5.76 Å². The van der Waals surface area contributed by atoms with Crippen LogP contribution in [-0.2, 0) is 6.54 Å². The van der Waals surface area contributed by atoms with Gasteiger partial charge in [0.2, 0.25) is 0 Å². The number of para-hydroxylation sites is 1. The van der Waals surface area contributed by atoms with Crippen molar-refractivity contribution in [2.24, 2.45) is 0 Å². The first kappa shape index (κ1) is 15.6. The Morgan fingerprint density at radius 3 is 2.80 bits per heavy atom. The summed E-state index contributed by atoms with van der Waals surface area (Å²) in [6, 6.07) is 11.3. The van der Waals surface area contributed by atoms with Gasteiger partial charge in [0, 0.05) is 30.2 Å². The van der Waals surface area contributed by atoms with Gasteiger partial charge in [0.25, 0.3) is 5.91 Å². The van der Waals surface area contributed by atoms with Crippen LogP contribution in [-0.4, -0.2) is 29.0 Å². The molecule has 1 aromatic carbocycles. The molecular formula is C19H20N4O2. The molecule has 0 bridgehead atoms. The van der Waals surface area contributed by atoms with Crippen LogP contribution >= 0.6 is 0 Å². The first-order valence-corrected chi connectivity index (χ1v) is 8.55. The number of rotatable bonds is 4. The summed E-state index contributed by atoms with van der Waals surface area (Å²) in [6.07, 6.45) is 2.39. The minimum atomic E-state index is -0.260. The van der Waals surface area contributed by atoms with Crippen molar-refractivity contribution in [2.45, 2.75) is 26.3 Å². The van der Waals surface area contributed by atoms with Crippen LogP contribution in [0.1, 0.15) is 34.9 Å². The Hall–Kier alpha value is -2.89. The van der Waals surface area contributed by atoms with Crippen LogP contribution in [0, 0.1) is 6.92 Å². The van der Waals surface area contributed by atoms with Crippen molar-refractivity contribution in [3.8, 4) is 0 Å². The number of benzene rings is 1. The zero-order valence-electron chi connectivity index (χ0n) is 14.2. The lowest BCUT2D eigenvalue weighted by Gasteiger charge is -2.17. The standard InChI is InChI=1S/C19H20N4O2/c1-13-10-18(23-8-4-5-9-23)22-17(21-13)12-20-19(24)16-11-14-6-2-3-7-15(14)25-16/h2-3,6-7,10-11H,4-5,8-9,12H2,1H3,(H,20,24). The molecule has 0 aliphatic carbocycles. The largest absolute Gasteiger partial charge is 0.451 e. The van der Waals surface area contributed by atoms with Gasteiger partial charge < -0.3 is 14.6 Å². The molecule has 1 aliphatic rings. The fourth-order valence-electron chi connectivity index (χ4n) is 3.14. The number of amides is 1. The molecule has 1 aliphatic heterocycles. The maximum atomic E-state index is 12.3. The molecule has 1 amide bonds. The minimum absolute atomic E-state index is 0.260. The van der Waals surface area contributed by atoms with Crippen LogP contribution < -0.4 is 10.2 Å². The second kappa shape index (κ2) is 6.55. The zero-order chi connectivity index (χ0) is 17.2. The van der Waals surface area contributed by atoms with E-state index < -0.39 is 0 Å². The Balaban J connectivity index is 1.47. The third-order valence-electron chi connectivity index (χ3n) is 4.37. The number of furan rings is 1. The number of carbonyl (C=O) groups excluding carboxylic acids is 1. The number of hydrogen-bond acceptors (Lipinski definition) is 5. The van der Waals surface area contributed by atoms with E-state index in [0.29, 0.717) is 17.2 Å². The second-order valence-corrected chi connectivity index (χ2v) is 6.31. The van der Waals surface area contributed by atoms with Crippen molar-refractivity contribution in [3.63, 3.8) is 0 Å². The molecule has 128 valence electrons. The van der Waals surface area contributed by atoms with E-state index in [1.165, 1.54) is 12.8 Å². The molecule has 2 aromatic heterocycles. The van der Waals surface area contributed by atoms with E-state index in [1.807, 2.05) is 37.3 Å². The monoisotopic (exact) mass is 336 g/mol. The molecule has 0 atom stereocenters. The Morgan fingerprint density at radius 1 is 1.20 bits per heavy atom. The molecule has 6 heteroatoms. The van der Waals surface area contributed by atoms with Crippen molar-refractivity contribution in [3.05, 3.63) is 53.7 Å². The summed E-state index contributed by atoms with van der Waals surface area (Å²) in [4.78, 5) is 23.6. The van der Waals surface area contributed by atoms with Crippen LogP contribution in [0.4, 0.5) is 5.82 Å². The third kappa shape index (κ3) is 3.33. The van der Waals surface area contributed by atoms with Crippen LogP contribution in [0.5, 0.6) is 0 Å². The van der Waals surface area contributed by atoms with Gasteiger partial charge in [-0.25, -0.2) is 9.97 Å². The van der Waals surface area contributed by atoms with Gasteiger partial charge in [-0.3, -0.25) is 4.79 Å². The lowest BCUT2D eigenvalue weighted by atomic mass is 10.2. The molecular weight excluding hydrogens is 316 g/mol. The molecule has 25 heavy (non-hydrogen) atoms. The molecule has 4 rings (SSSR count). The first-order valence-electron chi connectivity index (χ1n) is 8.55. The fraction of sp³-hybridized carbons (Fsp3) is 0.316. The van der Waals surface area contributed by atoms with Crippen LogP contribution in [0.3, 0.4) is 0 Å². The topological polar surface area (TPSA) is 71.3 Å². The summed E-state index contributed by atoms with van der Waals surface area (Å²) >= 11 is 0. The predicted molar refractivity (Wildman–Crippen MR) is 95.6 cm³/mol. The van der Waals surface area contributed by atoms with E-state index in [0.717, 1.165) is 30.0 Å². The van der Waals surface area contributed by atoms with Gasteiger partial charge in [-0.15, -0.1) is 0 Å². The molecule has 0 spiro atoms. The fourth-order valence-corrected chi connectivity index (χ4v) is 3.14. The molecule has 3 heterocycles. The van der Waals surface area contributed by atoms with E-state index in [2.05, 4.69) is 20.2 Å². The highest BCUT2D eigenvalue weighted by Crippen LogP contribution is 2.20. The molecule has 1 saturated heterocycles. The van der Waals surface area contributed by atoms with Gasteiger partial charge >= 0.3 is 0 Å². The zero-order valence-corrected chi connectivity index (χ0v) is 14.2. The smallest absolute Gasteiger partial charge is 0.287 e. The third-order valence-corrected chi connectivity index (χ3v) is 4.37. The quantitative estimate of drug-likeness (QED) is 0.793. The molecule has 3 aromatic rings. The number of nitrogens with one attached hydrogen (secondary N) is 1. The summed E-state index contributed by atoms with van der Waals surface area (Å²) in [6.45, 7) is 4.28. The molecule has 0 radical (unpaired) electrons. The summed E-state index contributed by atoms with van der Waals surface area (Å²) < 4.78 is 5.59. The van der Waals surface area contributed by atoms with Crippen molar-refractivity contribution in [1.82, 2.24) is 15.3 Å². The van der Waals surface area contributed by atoms with Crippen molar-refractivity contribution in [1.29, 1.82) is 0 Å². The molecule has 1 fully saturated rings. The number of hydrogen-bond donors (Lipinski definition) is 1. The van der Waals surface area contributed by atoms with Crippen molar-refractivity contribution < 1.29 is 9.21 Å². The Labute approximate surface area is 145 Å². The van der Waals surface area contributed by atoms with Crippen molar-refractivity contribution >= 4 is 22.7 Å². The predicted octanol–water partition coefficient (Wildman–Crippen LogP) is 3.06. The Bertz CT molecular complexity index is 880. The SMILES string of the molecule is Cc1cc(N2CCCC2)nc(CNC(=O)c2cc3ccccc3o2)n1. The second-order valence-electron chi connectivity index (χ2n) is 6.31. The first-order chi connectivity index (χ1) is 12.2. The van der Waals surface area contributed by atoms with Gasteiger partial charge in [-0.05, 0) is 31.9 Å². The minimum Gasteiger partial charge on any atom is -0.451 e. The van der Waals surface area contributed by atoms with Crippen LogP contribution in [0.2, 0.25) is 0 Å². The van der Waals surface area contributed by atoms with E-state index >= 15 is 0 Å². The van der Waals surface area contributed by atoms with E-state index in [4.69, 9.17) is 4.42 Å². The van der Waals surface area contributed by atoms with Gasteiger partial charge in [0.05, 0.1) is 6.54 Å². The lowest BCUT2D eigenvalue weighted by Crippen LogP contribution is -2.25. The average Bonchev–Trinajstić information content (AvgIpc) is 3.28. The number of nitrogens with zero attached hydrogens (tertiary/aromatic N) is 3. The maximum absolute atomic E-state index is 12.3. The van der Waals surface area contributed by atoms with E-state index in [9.17, 15) is 4.79 Å². The molecule has 6 nitrogen and oxygen atoms in total. The maximum Gasteiger partial charge on any atom is 0.287 e. The highest BCUT2D eigenvalue weighted by Gasteiger charge is 2.16. The Kier molecular flexibility index (Phi) is 4.09. The molecule has 0 unspecified atom stereocenters.